The minimum atomic E-state index is -1.42. The van der Waals surface area contributed by atoms with Crippen LogP contribution in [0.1, 0.15) is 24.1 Å². The lowest BCUT2D eigenvalue weighted by molar-refractivity contribution is 0.667. The summed E-state index contributed by atoms with van der Waals surface area (Å²) in [6.07, 6.45) is 4.86. The van der Waals surface area contributed by atoms with Crippen LogP contribution in [0.5, 0.6) is 0 Å². The summed E-state index contributed by atoms with van der Waals surface area (Å²) in [5.74, 6) is 0. The molecule has 4 aromatic carbocycles. The first kappa shape index (κ1) is 24.7. The van der Waals surface area contributed by atoms with Crippen LogP contribution in [0.2, 0.25) is 32.7 Å². The number of para-hydroxylation sites is 1. The molecule has 0 amide bonds. The van der Waals surface area contributed by atoms with Crippen LogP contribution in [0.4, 0.5) is 0 Å². The smallest absolute Gasteiger partial charge is 0.0792 e. The second kappa shape index (κ2) is 9.11. The third-order valence-corrected chi connectivity index (χ3v) is 12.2. The van der Waals surface area contributed by atoms with Crippen molar-refractivity contribution in [3.8, 4) is 11.4 Å². The molecule has 195 valence electrons. The largest absolute Gasteiger partial charge is 0.313 e. The molecular weight excluding hydrogens is 505 g/mol. The molecule has 4 heteroatoms. The molecule has 0 bridgehead atoms. The molecule has 1 aliphatic carbocycles. The predicted molar refractivity (Wildman–Crippen MR) is 174 cm³/mol. The number of fused-ring (bicyclic) bond motifs is 7. The van der Waals surface area contributed by atoms with Crippen molar-refractivity contribution in [3.63, 3.8) is 0 Å². The first-order valence-electron chi connectivity index (χ1n) is 14.4. The first-order valence-corrected chi connectivity index (χ1v) is 20.4. The van der Waals surface area contributed by atoms with Crippen molar-refractivity contribution in [2.45, 2.75) is 58.4 Å². The maximum atomic E-state index is 2.61. The van der Waals surface area contributed by atoms with Crippen LogP contribution in [0.25, 0.3) is 44.1 Å². The van der Waals surface area contributed by atoms with Gasteiger partial charge in [0.15, 0.2) is 0 Å². The van der Waals surface area contributed by atoms with E-state index in [0.29, 0.717) is 0 Å². The highest BCUT2D eigenvalue weighted by Gasteiger charge is 2.26. The molecule has 0 fully saturated rings. The van der Waals surface area contributed by atoms with Crippen molar-refractivity contribution in [3.05, 3.63) is 96.2 Å². The van der Waals surface area contributed by atoms with Crippen LogP contribution < -0.4 is 10.4 Å². The molecule has 2 nitrogen and oxygen atoms in total. The van der Waals surface area contributed by atoms with Crippen molar-refractivity contribution in [1.82, 2.24) is 9.13 Å². The average Bonchev–Trinajstić information content (AvgIpc) is 3.45. The van der Waals surface area contributed by atoms with E-state index in [1.807, 2.05) is 0 Å². The molecule has 0 N–H and O–H groups in total. The van der Waals surface area contributed by atoms with Crippen LogP contribution in [0, 0.1) is 0 Å². The van der Waals surface area contributed by atoms with Gasteiger partial charge in [0.25, 0.3) is 0 Å². The normalized spacial score (nSPS) is 14.1. The van der Waals surface area contributed by atoms with E-state index in [-0.39, 0.29) is 0 Å². The van der Waals surface area contributed by atoms with Gasteiger partial charge in [0.1, 0.15) is 0 Å². The summed E-state index contributed by atoms with van der Waals surface area (Å²) in [4.78, 5) is 0. The van der Waals surface area contributed by atoms with Gasteiger partial charge < -0.3 is 9.13 Å². The Morgan fingerprint density at radius 1 is 0.641 bits per heavy atom. The van der Waals surface area contributed by atoms with E-state index in [4.69, 9.17) is 0 Å². The predicted octanol–water partition coefficient (Wildman–Crippen LogP) is 8.11. The Morgan fingerprint density at radius 2 is 1.33 bits per heavy atom. The quantitative estimate of drug-likeness (QED) is 0.200. The van der Waals surface area contributed by atoms with E-state index in [9.17, 15) is 0 Å². The van der Waals surface area contributed by atoms with Gasteiger partial charge in [-0.3, -0.25) is 0 Å². The number of benzene rings is 4. The van der Waals surface area contributed by atoms with E-state index >= 15 is 0 Å². The number of aryl methyl sites for hydroxylation is 1. The highest BCUT2D eigenvalue weighted by atomic mass is 28.3. The Labute approximate surface area is 234 Å². The fourth-order valence-electron chi connectivity index (χ4n) is 6.73. The third-order valence-electron chi connectivity index (χ3n) is 8.72. The molecule has 2 heterocycles. The van der Waals surface area contributed by atoms with E-state index in [1.165, 1.54) is 73.0 Å². The molecule has 0 aliphatic heterocycles. The van der Waals surface area contributed by atoms with E-state index in [1.54, 1.807) is 5.56 Å². The number of aromatic nitrogens is 2. The molecule has 2 aromatic heterocycles. The fraction of sp³-hybridized carbons (Fsp3) is 0.257. The minimum Gasteiger partial charge on any atom is -0.313 e. The average molecular weight is 542 g/mol. The molecule has 0 saturated heterocycles. The number of rotatable bonds is 4. The van der Waals surface area contributed by atoms with Crippen molar-refractivity contribution in [2.75, 3.05) is 0 Å². The van der Waals surface area contributed by atoms with Crippen LogP contribution >= 0.6 is 0 Å². The van der Waals surface area contributed by atoms with Gasteiger partial charge in [-0.25, -0.2) is 0 Å². The van der Waals surface area contributed by atoms with Crippen molar-refractivity contribution < 1.29 is 0 Å². The number of hydrogen-bond acceptors (Lipinski definition) is 0. The Kier molecular flexibility index (Phi) is 5.76. The zero-order valence-electron chi connectivity index (χ0n) is 23.8. The molecule has 1 radical (unpaired) electrons. The lowest BCUT2D eigenvalue weighted by atomic mass is 9.94. The summed E-state index contributed by atoms with van der Waals surface area (Å²) in [6, 6.07) is 32.5. The van der Waals surface area contributed by atoms with Crippen LogP contribution in [-0.2, 0) is 12.8 Å². The van der Waals surface area contributed by atoms with Crippen LogP contribution in [-0.4, -0.2) is 26.0 Å². The van der Waals surface area contributed by atoms with Gasteiger partial charge >= 0.3 is 0 Å². The van der Waals surface area contributed by atoms with E-state index in [2.05, 4.69) is 127 Å². The van der Waals surface area contributed by atoms with Crippen molar-refractivity contribution in [2.24, 2.45) is 0 Å². The monoisotopic (exact) mass is 541 g/mol. The molecular formula is C35H37N2Si2. The SMILES string of the molecule is C[Si](C)c1cccc(-n2c3ccccc3c3c4c5c(n(-c6cccc([Si](C)(C)C)c6)c4ccc32)CCCC5)c1. The molecule has 0 atom stereocenters. The second-order valence-electron chi connectivity index (χ2n) is 12.5. The topological polar surface area (TPSA) is 9.86 Å². The zero-order valence-corrected chi connectivity index (χ0v) is 25.8. The minimum absolute atomic E-state index is 0.531. The van der Waals surface area contributed by atoms with Crippen molar-refractivity contribution >= 4 is 60.0 Å². The maximum absolute atomic E-state index is 2.61. The zero-order chi connectivity index (χ0) is 26.9. The maximum Gasteiger partial charge on any atom is 0.0792 e. The number of hydrogen-bond donors (Lipinski definition) is 0. The molecule has 6 aromatic rings. The first-order chi connectivity index (χ1) is 18.8. The van der Waals surface area contributed by atoms with Crippen molar-refractivity contribution in [1.29, 1.82) is 0 Å². The standard InChI is InChI=1S/C35H37N2Si2/c1-38(2)26-14-10-12-24(22-26)36-30-18-8-6-16-28(30)34-32(36)20-21-33-35(34)29-17-7-9-19-31(29)37(33)25-13-11-15-27(23-25)39(3,4)5/h6,8,10-16,18,20-23H,7,9,17,19H2,1-5H3. The lowest BCUT2D eigenvalue weighted by Crippen LogP contribution is -2.37. The Morgan fingerprint density at radius 3 is 2.10 bits per heavy atom. The Hall–Kier alpha value is -3.35. The Bertz CT molecular complexity index is 1880. The summed E-state index contributed by atoms with van der Waals surface area (Å²) >= 11 is 0. The van der Waals surface area contributed by atoms with Crippen LogP contribution in [0.15, 0.2) is 84.9 Å². The number of nitrogens with zero attached hydrogens (tertiary/aromatic N) is 2. The summed E-state index contributed by atoms with van der Waals surface area (Å²) in [7, 11) is -1.95. The van der Waals surface area contributed by atoms with E-state index < -0.39 is 16.9 Å². The van der Waals surface area contributed by atoms with Gasteiger partial charge in [-0.05, 0) is 73.7 Å². The summed E-state index contributed by atoms with van der Waals surface area (Å²) in [5, 5.41) is 7.27. The second-order valence-corrected chi connectivity index (χ2v) is 20.2. The Balaban J connectivity index is 1.59. The van der Waals surface area contributed by atoms with E-state index in [0.717, 1.165) is 12.8 Å². The molecule has 7 rings (SSSR count). The molecule has 0 unspecified atom stereocenters. The van der Waals surface area contributed by atoms with Gasteiger partial charge in [0.05, 0.1) is 33.4 Å². The lowest BCUT2D eigenvalue weighted by Gasteiger charge is -2.20. The van der Waals surface area contributed by atoms with Gasteiger partial charge in [-0.15, -0.1) is 0 Å². The third kappa shape index (κ3) is 3.87. The summed E-state index contributed by atoms with van der Waals surface area (Å²) in [5.41, 5.74) is 9.70. The summed E-state index contributed by atoms with van der Waals surface area (Å²) < 4.78 is 5.12. The van der Waals surface area contributed by atoms with Gasteiger partial charge in [0, 0.05) is 33.2 Å². The highest BCUT2D eigenvalue weighted by molar-refractivity contribution is 6.88. The highest BCUT2D eigenvalue weighted by Crippen LogP contribution is 2.43. The molecule has 0 spiro atoms. The summed E-state index contributed by atoms with van der Waals surface area (Å²) in [6.45, 7) is 12.1. The van der Waals surface area contributed by atoms with Gasteiger partial charge in [0.2, 0.25) is 0 Å². The molecule has 39 heavy (non-hydrogen) atoms. The molecule has 0 saturated carbocycles. The van der Waals surface area contributed by atoms with Crippen LogP contribution in [0.3, 0.4) is 0 Å². The van der Waals surface area contributed by atoms with Gasteiger partial charge in [-0.2, -0.15) is 0 Å². The van der Waals surface area contributed by atoms with Gasteiger partial charge in [-0.1, -0.05) is 85.6 Å². The fourth-order valence-corrected chi connectivity index (χ4v) is 8.78. The molecule has 1 aliphatic rings.